The number of aromatic nitrogens is 2. The highest BCUT2D eigenvalue weighted by Crippen LogP contribution is 2.26. The highest BCUT2D eigenvalue weighted by atomic mass is 32.2. The van der Waals surface area contributed by atoms with Gasteiger partial charge >= 0.3 is 0 Å². The summed E-state index contributed by atoms with van der Waals surface area (Å²) in [5, 5.41) is 2.76. The van der Waals surface area contributed by atoms with Crippen molar-refractivity contribution in [3.63, 3.8) is 0 Å². The van der Waals surface area contributed by atoms with E-state index in [9.17, 15) is 13.2 Å². The number of sulfonamides is 1. The van der Waals surface area contributed by atoms with Crippen molar-refractivity contribution >= 4 is 15.9 Å². The van der Waals surface area contributed by atoms with Crippen LogP contribution in [-0.2, 0) is 16.6 Å². The molecule has 0 saturated heterocycles. The van der Waals surface area contributed by atoms with E-state index in [4.69, 9.17) is 0 Å². The minimum atomic E-state index is -3.61. The van der Waals surface area contributed by atoms with Crippen LogP contribution in [0.4, 0.5) is 0 Å². The summed E-state index contributed by atoms with van der Waals surface area (Å²) in [6.07, 6.45) is 2.30. The van der Waals surface area contributed by atoms with Gasteiger partial charge in [0.1, 0.15) is 11.2 Å². The van der Waals surface area contributed by atoms with Crippen molar-refractivity contribution in [2.24, 2.45) is 0 Å². The number of hydrogen-bond acceptors (Lipinski definition) is 4. The second-order valence-electron chi connectivity index (χ2n) is 4.96. The number of benzene rings is 1. The molecule has 0 spiro atoms. The zero-order valence-electron chi connectivity index (χ0n) is 12.0. The van der Waals surface area contributed by atoms with Gasteiger partial charge in [-0.05, 0) is 18.6 Å². The standard InChI is InChI=1S/C14H16N4O3S/c1-2-7-15-14(19)13-11-8-17-22(20,21)12-6-4-3-5-10(12)18(11)9-16-13/h3-6,9,17H,2,7-8H2,1H3,(H,15,19). The molecule has 0 unspecified atom stereocenters. The van der Waals surface area contributed by atoms with E-state index in [1.54, 1.807) is 22.8 Å². The third-order valence-electron chi connectivity index (χ3n) is 3.46. The van der Waals surface area contributed by atoms with Gasteiger partial charge in [0.25, 0.3) is 5.91 Å². The first-order chi connectivity index (χ1) is 10.5. The molecule has 2 N–H and O–H groups in total. The van der Waals surface area contributed by atoms with Gasteiger partial charge in [0.05, 0.1) is 17.9 Å². The lowest BCUT2D eigenvalue weighted by Crippen LogP contribution is -2.27. The molecule has 1 aromatic carbocycles. The topological polar surface area (TPSA) is 93.1 Å². The maximum Gasteiger partial charge on any atom is 0.271 e. The van der Waals surface area contributed by atoms with Crippen LogP contribution in [0.2, 0.25) is 0 Å². The first kappa shape index (κ1) is 14.7. The number of para-hydroxylation sites is 1. The molecule has 2 aromatic rings. The molecular formula is C14H16N4O3S. The molecule has 0 aliphatic carbocycles. The van der Waals surface area contributed by atoms with Crippen LogP contribution >= 0.6 is 0 Å². The Balaban J connectivity index is 2.11. The normalized spacial score (nSPS) is 15.5. The third kappa shape index (κ3) is 2.40. The Kier molecular flexibility index (Phi) is 3.71. The van der Waals surface area contributed by atoms with Gasteiger partial charge in [-0.15, -0.1) is 0 Å². The van der Waals surface area contributed by atoms with Gasteiger partial charge in [0.15, 0.2) is 5.69 Å². The molecule has 0 atom stereocenters. The minimum absolute atomic E-state index is 0.0197. The van der Waals surface area contributed by atoms with E-state index in [0.29, 0.717) is 17.9 Å². The second-order valence-corrected chi connectivity index (χ2v) is 6.69. The molecule has 0 bridgehead atoms. The van der Waals surface area contributed by atoms with Crippen LogP contribution in [0.1, 0.15) is 29.5 Å². The fraction of sp³-hybridized carbons (Fsp3) is 0.286. The van der Waals surface area contributed by atoms with E-state index < -0.39 is 10.0 Å². The summed E-state index contributed by atoms with van der Waals surface area (Å²) in [5.41, 5.74) is 1.26. The molecule has 22 heavy (non-hydrogen) atoms. The van der Waals surface area contributed by atoms with Gasteiger partial charge < -0.3 is 5.32 Å². The van der Waals surface area contributed by atoms with Crippen molar-refractivity contribution in [1.82, 2.24) is 19.6 Å². The summed E-state index contributed by atoms with van der Waals surface area (Å²) in [6, 6.07) is 6.64. The van der Waals surface area contributed by atoms with Crippen LogP contribution in [0, 0.1) is 0 Å². The number of imidazole rings is 1. The van der Waals surface area contributed by atoms with Crippen molar-refractivity contribution in [3.8, 4) is 5.69 Å². The quantitative estimate of drug-likeness (QED) is 0.875. The van der Waals surface area contributed by atoms with Crippen molar-refractivity contribution in [2.75, 3.05) is 6.54 Å². The lowest BCUT2D eigenvalue weighted by molar-refractivity contribution is 0.0948. The van der Waals surface area contributed by atoms with E-state index in [-0.39, 0.29) is 23.0 Å². The molecule has 7 nitrogen and oxygen atoms in total. The molecule has 0 radical (unpaired) electrons. The predicted molar refractivity (Wildman–Crippen MR) is 80.2 cm³/mol. The highest BCUT2D eigenvalue weighted by Gasteiger charge is 2.28. The van der Waals surface area contributed by atoms with Crippen molar-refractivity contribution < 1.29 is 13.2 Å². The predicted octanol–water partition coefficient (Wildman–Crippen LogP) is 0.804. The lowest BCUT2D eigenvalue weighted by Gasteiger charge is -2.07. The highest BCUT2D eigenvalue weighted by molar-refractivity contribution is 7.89. The van der Waals surface area contributed by atoms with Gasteiger partial charge in [-0.25, -0.2) is 18.1 Å². The Morgan fingerprint density at radius 1 is 1.41 bits per heavy atom. The summed E-state index contributed by atoms with van der Waals surface area (Å²) in [6.45, 7) is 2.53. The summed E-state index contributed by atoms with van der Waals surface area (Å²) < 4.78 is 28.7. The third-order valence-corrected chi connectivity index (χ3v) is 4.91. The average molecular weight is 320 g/mol. The Bertz CT molecular complexity index is 826. The molecule has 0 saturated carbocycles. The van der Waals surface area contributed by atoms with E-state index in [0.717, 1.165) is 6.42 Å². The largest absolute Gasteiger partial charge is 0.351 e. The monoisotopic (exact) mass is 320 g/mol. The van der Waals surface area contributed by atoms with Crippen molar-refractivity contribution in [3.05, 3.63) is 42.0 Å². The number of carbonyl (C=O) groups excluding carboxylic acids is 1. The Morgan fingerprint density at radius 3 is 2.95 bits per heavy atom. The summed E-state index contributed by atoms with van der Waals surface area (Å²) >= 11 is 0. The molecule has 2 heterocycles. The van der Waals surface area contributed by atoms with Crippen molar-refractivity contribution in [1.29, 1.82) is 0 Å². The number of nitrogens with zero attached hydrogens (tertiary/aromatic N) is 2. The lowest BCUT2D eigenvalue weighted by atomic mass is 10.2. The van der Waals surface area contributed by atoms with Crippen molar-refractivity contribution in [2.45, 2.75) is 24.8 Å². The first-order valence-corrected chi connectivity index (χ1v) is 8.46. The fourth-order valence-electron chi connectivity index (χ4n) is 2.39. The fourth-order valence-corrected chi connectivity index (χ4v) is 3.57. The summed E-state index contributed by atoms with van der Waals surface area (Å²) in [7, 11) is -3.61. The van der Waals surface area contributed by atoms with Crippen LogP contribution in [0.5, 0.6) is 0 Å². The molecule has 1 aliphatic rings. The van der Waals surface area contributed by atoms with E-state index in [1.807, 2.05) is 6.92 Å². The van der Waals surface area contributed by atoms with Crippen LogP contribution in [0.25, 0.3) is 5.69 Å². The Morgan fingerprint density at radius 2 is 2.18 bits per heavy atom. The van der Waals surface area contributed by atoms with Crippen LogP contribution < -0.4 is 10.0 Å². The van der Waals surface area contributed by atoms with Gasteiger partial charge in [-0.3, -0.25) is 9.36 Å². The van der Waals surface area contributed by atoms with E-state index in [2.05, 4.69) is 15.0 Å². The Hall–Kier alpha value is -2.19. The molecule has 3 rings (SSSR count). The van der Waals surface area contributed by atoms with Gasteiger partial charge in [0.2, 0.25) is 10.0 Å². The average Bonchev–Trinajstić information content (AvgIpc) is 2.90. The molecule has 0 fully saturated rings. The maximum atomic E-state index is 12.3. The SMILES string of the molecule is CCCNC(=O)c1ncn2c1CNS(=O)(=O)c1ccccc1-2. The number of nitrogens with one attached hydrogen (secondary N) is 2. The molecule has 1 amide bonds. The number of hydrogen-bond donors (Lipinski definition) is 2. The first-order valence-electron chi connectivity index (χ1n) is 6.98. The van der Waals surface area contributed by atoms with E-state index in [1.165, 1.54) is 12.4 Å². The van der Waals surface area contributed by atoms with Crippen LogP contribution in [0.3, 0.4) is 0 Å². The molecule has 116 valence electrons. The number of carbonyl (C=O) groups is 1. The molecule has 1 aromatic heterocycles. The van der Waals surface area contributed by atoms with Gasteiger partial charge in [-0.2, -0.15) is 0 Å². The molecule has 1 aliphatic heterocycles. The number of fused-ring (bicyclic) bond motifs is 3. The van der Waals surface area contributed by atoms with Crippen LogP contribution in [-0.4, -0.2) is 30.4 Å². The molecular weight excluding hydrogens is 304 g/mol. The van der Waals surface area contributed by atoms with Crippen LogP contribution in [0.15, 0.2) is 35.5 Å². The summed E-state index contributed by atoms with van der Waals surface area (Å²) in [5.74, 6) is -0.297. The maximum absolute atomic E-state index is 12.3. The second kappa shape index (κ2) is 5.54. The zero-order valence-corrected chi connectivity index (χ0v) is 12.9. The van der Waals surface area contributed by atoms with Gasteiger partial charge in [0, 0.05) is 6.54 Å². The van der Waals surface area contributed by atoms with E-state index >= 15 is 0 Å². The van der Waals surface area contributed by atoms with Gasteiger partial charge in [-0.1, -0.05) is 19.1 Å². The molecule has 8 heteroatoms. The summed E-state index contributed by atoms with van der Waals surface area (Å²) in [4.78, 5) is 16.5. The number of amides is 1. The smallest absolute Gasteiger partial charge is 0.271 e. The minimum Gasteiger partial charge on any atom is -0.351 e. The Labute approximate surface area is 128 Å². The number of rotatable bonds is 3. The zero-order chi connectivity index (χ0) is 15.7.